The number of benzene rings is 2. The second kappa shape index (κ2) is 7.14. The first-order chi connectivity index (χ1) is 13.0. The Morgan fingerprint density at radius 3 is 2.26 bits per heavy atom. The van der Waals surface area contributed by atoms with E-state index in [-0.39, 0.29) is 0 Å². The number of fused-ring (bicyclic) bond motifs is 1. The van der Waals surface area contributed by atoms with Crippen LogP contribution in [0.1, 0.15) is 0 Å². The Labute approximate surface area is 173 Å². The fourth-order valence-electron chi connectivity index (χ4n) is 2.74. The van der Waals surface area contributed by atoms with Crippen molar-refractivity contribution in [2.24, 2.45) is 5.84 Å². The van der Waals surface area contributed by atoms with E-state index < -0.39 is 0 Å². The van der Waals surface area contributed by atoms with Crippen LogP contribution in [0.5, 0.6) is 0 Å². The van der Waals surface area contributed by atoms with Gasteiger partial charge in [-0.15, -0.1) is 0 Å². The summed E-state index contributed by atoms with van der Waals surface area (Å²) in [6, 6.07) is 10.3. The molecule has 136 valence electrons. The maximum absolute atomic E-state index is 6.45. The summed E-state index contributed by atoms with van der Waals surface area (Å²) in [4.78, 5) is 13.1. The minimum Gasteiger partial charge on any atom is -0.306 e. The molecule has 6 nitrogen and oxygen atoms in total. The summed E-state index contributed by atoms with van der Waals surface area (Å²) in [7, 11) is 0. The highest BCUT2D eigenvalue weighted by atomic mass is 35.5. The van der Waals surface area contributed by atoms with E-state index in [2.05, 4.69) is 20.4 Å². The summed E-state index contributed by atoms with van der Waals surface area (Å²) >= 11 is 25.0. The number of rotatable bonds is 3. The first-order valence-corrected chi connectivity index (χ1v) is 9.11. The average molecular weight is 440 g/mol. The monoisotopic (exact) mass is 438 g/mol. The van der Waals surface area contributed by atoms with E-state index in [1.165, 1.54) is 6.33 Å². The maximum atomic E-state index is 6.45. The van der Waals surface area contributed by atoms with Crippen molar-refractivity contribution in [3.05, 3.63) is 62.8 Å². The molecule has 0 unspecified atom stereocenters. The summed E-state index contributed by atoms with van der Waals surface area (Å²) in [5, 5.41) is 1.88. The van der Waals surface area contributed by atoms with Crippen molar-refractivity contribution >= 4 is 63.4 Å². The van der Waals surface area contributed by atoms with Crippen molar-refractivity contribution in [2.75, 3.05) is 5.43 Å². The quantitative estimate of drug-likeness (QED) is 0.330. The number of nitrogens with two attached hydrogens (primary N) is 1. The van der Waals surface area contributed by atoms with Gasteiger partial charge < -0.3 is 5.43 Å². The minimum atomic E-state index is 0.371. The second-order valence-corrected chi connectivity index (χ2v) is 7.22. The molecule has 0 bridgehead atoms. The van der Waals surface area contributed by atoms with Gasteiger partial charge in [-0.25, -0.2) is 20.8 Å². The van der Waals surface area contributed by atoms with E-state index >= 15 is 0 Å². The smallest absolute Gasteiger partial charge is 0.171 e. The normalized spacial score (nSPS) is 11.1. The van der Waals surface area contributed by atoms with Crippen LogP contribution in [-0.4, -0.2) is 19.5 Å². The molecule has 0 saturated carbocycles. The van der Waals surface area contributed by atoms with Crippen molar-refractivity contribution in [2.45, 2.75) is 0 Å². The molecule has 0 radical (unpaired) electrons. The van der Waals surface area contributed by atoms with E-state index in [9.17, 15) is 0 Å². The van der Waals surface area contributed by atoms with E-state index in [0.717, 1.165) is 0 Å². The van der Waals surface area contributed by atoms with Crippen LogP contribution in [0.4, 0.5) is 5.82 Å². The highest BCUT2D eigenvalue weighted by molar-refractivity contribution is 6.37. The summed E-state index contributed by atoms with van der Waals surface area (Å²) < 4.78 is 1.77. The molecule has 0 atom stereocenters. The molecule has 3 N–H and O–H groups in total. The predicted octanol–water partition coefficient (Wildman–Crippen LogP) is 5.38. The number of halogens is 4. The third kappa shape index (κ3) is 3.20. The van der Waals surface area contributed by atoms with Gasteiger partial charge in [-0.05, 0) is 36.4 Å². The average Bonchev–Trinajstić information content (AvgIpc) is 3.01. The third-order valence-corrected chi connectivity index (χ3v) is 4.99. The number of imidazole rings is 1. The van der Waals surface area contributed by atoms with Crippen molar-refractivity contribution in [3.8, 4) is 17.1 Å². The second-order valence-electron chi connectivity index (χ2n) is 5.53. The van der Waals surface area contributed by atoms with Crippen LogP contribution in [0, 0.1) is 0 Å². The summed E-state index contributed by atoms with van der Waals surface area (Å²) in [6.45, 7) is 0. The van der Waals surface area contributed by atoms with Crippen LogP contribution in [0.3, 0.4) is 0 Å². The molecule has 0 aliphatic rings. The molecule has 4 rings (SSSR count). The van der Waals surface area contributed by atoms with E-state index in [1.807, 2.05) is 0 Å². The zero-order chi connectivity index (χ0) is 19.1. The van der Waals surface area contributed by atoms with Gasteiger partial charge in [0, 0.05) is 15.6 Å². The topological polar surface area (TPSA) is 81.7 Å². The first kappa shape index (κ1) is 18.3. The van der Waals surface area contributed by atoms with Crippen molar-refractivity contribution < 1.29 is 0 Å². The van der Waals surface area contributed by atoms with Gasteiger partial charge in [-0.2, -0.15) is 0 Å². The molecular weight excluding hydrogens is 430 g/mol. The number of hydrogen-bond donors (Lipinski definition) is 2. The Hall–Kier alpha value is -2.09. The minimum absolute atomic E-state index is 0.371. The Morgan fingerprint density at radius 1 is 0.889 bits per heavy atom. The number of aromatic nitrogens is 4. The molecule has 0 saturated heterocycles. The number of hydrazine groups is 1. The molecule has 2 aromatic carbocycles. The number of nitrogens with zero attached hydrogens (tertiary/aromatic N) is 4. The fourth-order valence-corrected chi connectivity index (χ4v) is 3.73. The zero-order valence-electron chi connectivity index (χ0n) is 13.4. The van der Waals surface area contributed by atoms with Crippen LogP contribution >= 0.6 is 46.4 Å². The van der Waals surface area contributed by atoms with Crippen LogP contribution < -0.4 is 11.3 Å². The summed E-state index contributed by atoms with van der Waals surface area (Å²) in [5.41, 5.74) is 4.77. The Bertz CT molecular complexity index is 1170. The standard InChI is InChI=1S/C17H10Cl4N6/c18-8-1-3-10(11(20)5-8)16-25-14-15(26-22)23-7-24-17(14)27(16)13-4-2-9(19)6-12(13)21/h1-7H,22H2,(H,23,24,26). The molecule has 0 aliphatic heterocycles. The van der Waals surface area contributed by atoms with Gasteiger partial charge in [-0.1, -0.05) is 46.4 Å². The molecule has 0 amide bonds. The van der Waals surface area contributed by atoms with Gasteiger partial charge in [0.2, 0.25) is 0 Å². The lowest BCUT2D eigenvalue weighted by molar-refractivity contribution is 1.07. The number of nitrogen functional groups attached to an aromatic ring is 1. The summed E-state index contributed by atoms with van der Waals surface area (Å²) in [5.74, 6) is 6.45. The maximum Gasteiger partial charge on any atom is 0.171 e. The zero-order valence-corrected chi connectivity index (χ0v) is 16.4. The third-order valence-electron chi connectivity index (χ3n) is 3.90. The molecule has 0 aliphatic carbocycles. The summed E-state index contributed by atoms with van der Waals surface area (Å²) in [6.07, 6.45) is 1.38. The molecule has 2 heterocycles. The molecule has 27 heavy (non-hydrogen) atoms. The van der Waals surface area contributed by atoms with E-state index in [0.29, 0.717) is 54.1 Å². The largest absolute Gasteiger partial charge is 0.306 e. The van der Waals surface area contributed by atoms with E-state index in [4.69, 9.17) is 52.2 Å². The van der Waals surface area contributed by atoms with Crippen LogP contribution in [0.2, 0.25) is 20.1 Å². The lowest BCUT2D eigenvalue weighted by atomic mass is 10.2. The van der Waals surface area contributed by atoms with Gasteiger partial charge in [0.05, 0.1) is 15.7 Å². The number of nitrogens with one attached hydrogen (secondary N) is 1. The van der Waals surface area contributed by atoms with Crippen LogP contribution in [0.25, 0.3) is 28.2 Å². The van der Waals surface area contributed by atoms with Gasteiger partial charge in [0.25, 0.3) is 0 Å². The van der Waals surface area contributed by atoms with Gasteiger partial charge in [-0.3, -0.25) is 4.57 Å². The molecule has 0 spiro atoms. The Morgan fingerprint density at radius 2 is 1.59 bits per heavy atom. The lowest BCUT2D eigenvalue weighted by Gasteiger charge is -2.12. The van der Waals surface area contributed by atoms with Gasteiger partial charge >= 0.3 is 0 Å². The number of anilines is 1. The highest BCUT2D eigenvalue weighted by Crippen LogP contribution is 2.37. The number of hydrogen-bond acceptors (Lipinski definition) is 5. The Kier molecular flexibility index (Phi) is 4.84. The Balaban J connectivity index is 2.11. The van der Waals surface area contributed by atoms with E-state index in [1.54, 1.807) is 41.0 Å². The molecule has 4 aromatic rings. The molecular formula is C17H10Cl4N6. The van der Waals surface area contributed by atoms with Crippen molar-refractivity contribution in [1.82, 2.24) is 19.5 Å². The fraction of sp³-hybridized carbons (Fsp3) is 0. The van der Waals surface area contributed by atoms with Gasteiger partial charge in [0.1, 0.15) is 12.2 Å². The van der Waals surface area contributed by atoms with Crippen molar-refractivity contribution in [1.29, 1.82) is 0 Å². The SMILES string of the molecule is NNc1ncnc2c1nc(-c1ccc(Cl)cc1Cl)n2-c1ccc(Cl)cc1Cl. The first-order valence-electron chi connectivity index (χ1n) is 7.60. The van der Waals surface area contributed by atoms with Crippen LogP contribution in [0.15, 0.2) is 42.7 Å². The van der Waals surface area contributed by atoms with Crippen LogP contribution in [-0.2, 0) is 0 Å². The highest BCUT2D eigenvalue weighted by Gasteiger charge is 2.21. The van der Waals surface area contributed by atoms with Gasteiger partial charge in [0.15, 0.2) is 17.0 Å². The lowest BCUT2D eigenvalue weighted by Crippen LogP contribution is -2.09. The molecule has 0 fully saturated rings. The predicted molar refractivity (Wildman–Crippen MR) is 110 cm³/mol. The van der Waals surface area contributed by atoms with Crippen molar-refractivity contribution in [3.63, 3.8) is 0 Å². The molecule has 2 aromatic heterocycles. The molecule has 10 heteroatoms.